The molecule has 0 aliphatic rings. The molecule has 0 spiro atoms. The van der Waals surface area contributed by atoms with Gasteiger partial charge in [0.05, 0.1) is 10.6 Å². The molecule has 0 radical (unpaired) electrons. The highest BCUT2D eigenvalue weighted by atomic mass is 32.2. The highest BCUT2D eigenvalue weighted by Crippen LogP contribution is 2.31. The molecule has 17 heavy (non-hydrogen) atoms. The number of benzene rings is 1. The molecule has 7 heteroatoms. The van der Waals surface area contributed by atoms with Gasteiger partial charge in [0, 0.05) is 29.4 Å². The van der Waals surface area contributed by atoms with Crippen molar-refractivity contribution in [2.24, 2.45) is 0 Å². The van der Waals surface area contributed by atoms with Crippen LogP contribution in [0.2, 0.25) is 0 Å². The Morgan fingerprint density at radius 1 is 1.29 bits per heavy atom. The number of nitrogens with zero attached hydrogens (tertiary/aromatic N) is 3. The predicted molar refractivity (Wildman–Crippen MR) is 63.7 cm³/mol. The standard InChI is InChI=1S/C10H8N4O2S/c11-8-6-7(14(15)16)2-3-9(8)17-10-12-4-1-5-13-10/h1-6H,11H2. The van der Waals surface area contributed by atoms with E-state index < -0.39 is 4.92 Å². The van der Waals surface area contributed by atoms with E-state index >= 15 is 0 Å². The van der Waals surface area contributed by atoms with E-state index in [4.69, 9.17) is 5.73 Å². The Balaban J connectivity index is 2.26. The Kier molecular flexibility index (Phi) is 3.20. The zero-order valence-corrected chi connectivity index (χ0v) is 9.42. The summed E-state index contributed by atoms with van der Waals surface area (Å²) in [6, 6.07) is 6.03. The lowest BCUT2D eigenvalue weighted by Crippen LogP contribution is -1.93. The SMILES string of the molecule is Nc1cc([N+](=O)[O-])ccc1Sc1ncccn1. The molecular weight excluding hydrogens is 240 g/mol. The summed E-state index contributed by atoms with van der Waals surface area (Å²) in [6.07, 6.45) is 3.24. The third-order valence-corrected chi connectivity index (χ3v) is 2.93. The predicted octanol–water partition coefficient (Wildman–Crippen LogP) is 2.12. The summed E-state index contributed by atoms with van der Waals surface area (Å²) in [5, 5.41) is 11.1. The van der Waals surface area contributed by atoms with Gasteiger partial charge in [-0.1, -0.05) is 0 Å². The number of anilines is 1. The van der Waals surface area contributed by atoms with Crippen LogP contribution < -0.4 is 5.73 Å². The van der Waals surface area contributed by atoms with Gasteiger partial charge in [0.1, 0.15) is 0 Å². The second-order valence-electron chi connectivity index (χ2n) is 3.11. The van der Waals surface area contributed by atoms with Crippen LogP contribution in [0, 0.1) is 10.1 Å². The van der Waals surface area contributed by atoms with Gasteiger partial charge in [0.15, 0.2) is 5.16 Å². The van der Waals surface area contributed by atoms with E-state index in [0.717, 1.165) is 0 Å². The van der Waals surface area contributed by atoms with Crippen molar-refractivity contribution in [3.05, 3.63) is 46.8 Å². The van der Waals surface area contributed by atoms with Crippen LogP contribution in [0.15, 0.2) is 46.7 Å². The summed E-state index contributed by atoms with van der Waals surface area (Å²) >= 11 is 1.26. The van der Waals surface area contributed by atoms with E-state index in [9.17, 15) is 10.1 Å². The molecule has 2 rings (SSSR count). The van der Waals surface area contributed by atoms with Crippen molar-refractivity contribution in [1.29, 1.82) is 0 Å². The number of hydrogen-bond acceptors (Lipinski definition) is 6. The number of rotatable bonds is 3. The molecule has 0 saturated heterocycles. The fraction of sp³-hybridized carbons (Fsp3) is 0. The smallest absolute Gasteiger partial charge is 0.271 e. The second kappa shape index (κ2) is 4.79. The number of hydrogen-bond donors (Lipinski definition) is 1. The van der Waals surface area contributed by atoms with Gasteiger partial charge in [-0.25, -0.2) is 9.97 Å². The molecule has 1 aromatic heterocycles. The molecule has 0 fully saturated rings. The van der Waals surface area contributed by atoms with Crippen molar-refractivity contribution in [3.63, 3.8) is 0 Å². The quantitative estimate of drug-likeness (QED) is 0.387. The van der Waals surface area contributed by atoms with Crippen molar-refractivity contribution in [2.75, 3.05) is 5.73 Å². The Hall–Kier alpha value is -2.15. The van der Waals surface area contributed by atoms with Crippen molar-refractivity contribution in [2.45, 2.75) is 10.1 Å². The summed E-state index contributed by atoms with van der Waals surface area (Å²) in [7, 11) is 0. The maximum atomic E-state index is 10.5. The Labute approximate surface area is 101 Å². The lowest BCUT2D eigenvalue weighted by molar-refractivity contribution is -0.384. The summed E-state index contributed by atoms with van der Waals surface area (Å²) in [5.74, 6) is 0. The number of nitrogens with two attached hydrogens (primary N) is 1. The molecule has 0 aliphatic heterocycles. The minimum atomic E-state index is -0.482. The summed E-state index contributed by atoms with van der Waals surface area (Å²) in [5.41, 5.74) is 6.04. The van der Waals surface area contributed by atoms with Gasteiger partial charge in [0.2, 0.25) is 0 Å². The van der Waals surface area contributed by atoms with E-state index in [1.807, 2.05) is 0 Å². The highest BCUT2D eigenvalue weighted by Gasteiger charge is 2.10. The van der Waals surface area contributed by atoms with Gasteiger partial charge in [0.25, 0.3) is 5.69 Å². The normalized spacial score (nSPS) is 10.1. The monoisotopic (exact) mass is 248 g/mol. The summed E-state index contributed by atoms with van der Waals surface area (Å²) in [4.78, 5) is 18.8. The molecule has 86 valence electrons. The molecule has 0 unspecified atom stereocenters. The molecule has 1 aromatic carbocycles. The second-order valence-corrected chi connectivity index (χ2v) is 4.12. The van der Waals surface area contributed by atoms with Gasteiger partial charge in [-0.2, -0.15) is 0 Å². The molecule has 6 nitrogen and oxygen atoms in total. The first-order chi connectivity index (χ1) is 8.16. The minimum Gasteiger partial charge on any atom is -0.398 e. The number of non-ortho nitro benzene ring substituents is 1. The fourth-order valence-electron chi connectivity index (χ4n) is 1.18. The van der Waals surface area contributed by atoms with Crippen molar-refractivity contribution in [3.8, 4) is 0 Å². The molecule has 0 saturated carbocycles. The van der Waals surface area contributed by atoms with Crippen LogP contribution in [-0.4, -0.2) is 14.9 Å². The summed E-state index contributed by atoms with van der Waals surface area (Å²) < 4.78 is 0. The van der Waals surface area contributed by atoms with Crippen LogP contribution in [0.25, 0.3) is 0 Å². The molecule has 0 aliphatic carbocycles. The van der Waals surface area contributed by atoms with E-state index in [-0.39, 0.29) is 5.69 Å². The molecule has 0 bridgehead atoms. The van der Waals surface area contributed by atoms with Crippen LogP contribution in [0.5, 0.6) is 0 Å². The van der Waals surface area contributed by atoms with Gasteiger partial charge in [-0.05, 0) is 23.9 Å². The van der Waals surface area contributed by atoms with Crippen LogP contribution in [0.3, 0.4) is 0 Å². The van der Waals surface area contributed by atoms with Gasteiger partial charge in [-0.15, -0.1) is 0 Å². The van der Waals surface area contributed by atoms with Crippen molar-refractivity contribution < 1.29 is 4.92 Å². The van der Waals surface area contributed by atoms with E-state index in [2.05, 4.69) is 9.97 Å². The minimum absolute atomic E-state index is 0.0270. The third-order valence-electron chi connectivity index (χ3n) is 1.95. The number of nitrogen functional groups attached to an aromatic ring is 1. The highest BCUT2D eigenvalue weighted by molar-refractivity contribution is 7.99. The molecule has 2 N–H and O–H groups in total. The molecular formula is C10H8N4O2S. The molecule has 1 heterocycles. The van der Waals surface area contributed by atoms with Crippen molar-refractivity contribution >= 4 is 23.1 Å². The lowest BCUT2D eigenvalue weighted by atomic mass is 10.3. The van der Waals surface area contributed by atoms with Crippen LogP contribution in [0.4, 0.5) is 11.4 Å². The Bertz CT molecular complexity index is 547. The maximum Gasteiger partial charge on any atom is 0.271 e. The number of aromatic nitrogens is 2. The van der Waals surface area contributed by atoms with E-state index in [0.29, 0.717) is 15.7 Å². The topological polar surface area (TPSA) is 94.9 Å². The van der Waals surface area contributed by atoms with Gasteiger partial charge >= 0.3 is 0 Å². The van der Waals surface area contributed by atoms with Crippen LogP contribution >= 0.6 is 11.8 Å². The Morgan fingerprint density at radius 2 is 2.00 bits per heavy atom. The maximum absolute atomic E-state index is 10.5. The molecule has 0 amide bonds. The lowest BCUT2D eigenvalue weighted by Gasteiger charge is -2.03. The number of nitro benzene ring substituents is 1. The van der Waals surface area contributed by atoms with E-state index in [1.54, 1.807) is 24.5 Å². The first-order valence-corrected chi connectivity index (χ1v) is 5.47. The molecule has 2 aromatic rings. The van der Waals surface area contributed by atoms with E-state index in [1.165, 1.54) is 23.9 Å². The van der Waals surface area contributed by atoms with Crippen LogP contribution in [-0.2, 0) is 0 Å². The van der Waals surface area contributed by atoms with Crippen molar-refractivity contribution in [1.82, 2.24) is 9.97 Å². The zero-order chi connectivity index (χ0) is 12.3. The average Bonchev–Trinajstić information content (AvgIpc) is 2.33. The summed E-state index contributed by atoms with van der Waals surface area (Å²) in [6.45, 7) is 0. The third kappa shape index (κ3) is 2.70. The molecule has 0 atom stereocenters. The first kappa shape index (κ1) is 11.3. The van der Waals surface area contributed by atoms with Gasteiger partial charge in [-0.3, -0.25) is 10.1 Å². The zero-order valence-electron chi connectivity index (χ0n) is 8.61. The average molecular weight is 248 g/mol. The first-order valence-electron chi connectivity index (χ1n) is 4.65. The largest absolute Gasteiger partial charge is 0.398 e. The van der Waals surface area contributed by atoms with Crippen LogP contribution in [0.1, 0.15) is 0 Å². The fourth-order valence-corrected chi connectivity index (χ4v) is 1.92. The Morgan fingerprint density at radius 3 is 2.59 bits per heavy atom. The van der Waals surface area contributed by atoms with Gasteiger partial charge < -0.3 is 5.73 Å². The number of nitro groups is 1.